The number of aromatic nitrogens is 3. The van der Waals surface area contributed by atoms with Crippen LogP contribution in [-0.4, -0.2) is 47.0 Å². The Kier molecular flexibility index (Phi) is 6.68. The van der Waals surface area contributed by atoms with Gasteiger partial charge in [-0.3, -0.25) is 9.69 Å². The number of ether oxygens (including phenoxy) is 2. The van der Waals surface area contributed by atoms with Crippen molar-refractivity contribution in [2.24, 2.45) is 0 Å². The van der Waals surface area contributed by atoms with Gasteiger partial charge in [-0.1, -0.05) is 11.2 Å². The summed E-state index contributed by atoms with van der Waals surface area (Å²) in [5.74, 6) is -0.943. The third-order valence-corrected chi connectivity index (χ3v) is 7.94. The predicted molar refractivity (Wildman–Crippen MR) is 140 cm³/mol. The van der Waals surface area contributed by atoms with Crippen molar-refractivity contribution in [2.45, 2.75) is 57.7 Å². The largest absolute Gasteiger partial charge is 0.381 e. The number of fused-ring (bicyclic) bond motifs is 1. The zero-order valence-electron chi connectivity index (χ0n) is 22.1. The Morgan fingerprint density at radius 3 is 2.51 bits per heavy atom. The molecule has 0 spiro atoms. The third-order valence-electron chi connectivity index (χ3n) is 7.94. The molecular weight excluding hydrogens is 506 g/mol. The molecule has 1 amide bonds. The quantitative estimate of drug-likeness (QED) is 0.320. The molecular formula is C29H30F2N4O4. The summed E-state index contributed by atoms with van der Waals surface area (Å²) in [6.07, 6.45) is 3.79. The lowest BCUT2D eigenvalue weighted by Gasteiger charge is -2.37. The number of rotatable bonds is 5. The lowest BCUT2D eigenvalue weighted by atomic mass is 9.92. The van der Waals surface area contributed by atoms with Crippen LogP contribution in [0.5, 0.6) is 0 Å². The second kappa shape index (κ2) is 10.2. The van der Waals surface area contributed by atoms with Gasteiger partial charge in [-0.25, -0.2) is 13.8 Å². The van der Waals surface area contributed by atoms with Gasteiger partial charge in [0.1, 0.15) is 24.2 Å². The van der Waals surface area contributed by atoms with Gasteiger partial charge in [-0.2, -0.15) is 0 Å². The molecule has 1 saturated heterocycles. The maximum atomic E-state index is 14.3. The van der Waals surface area contributed by atoms with Crippen molar-refractivity contribution in [1.82, 2.24) is 14.7 Å². The molecule has 3 heterocycles. The van der Waals surface area contributed by atoms with Crippen molar-refractivity contribution in [2.75, 3.05) is 25.2 Å². The number of hydrogen-bond acceptors (Lipinski definition) is 6. The summed E-state index contributed by atoms with van der Waals surface area (Å²) in [5, 5.41) is 4.09. The first kappa shape index (κ1) is 25.6. The fraction of sp³-hybridized carbons (Fsp3) is 0.414. The molecule has 204 valence electrons. The topological polar surface area (TPSA) is 82.6 Å². The van der Waals surface area contributed by atoms with E-state index in [-0.39, 0.29) is 37.0 Å². The second-order valence-electron chi connectivity index (χ2n) is 10.3. The molecule has 2 aromatic heterocycles. The Bertz CT molecular complexity index is 1520. The van der Waals surface area contributed by atoms with Gasteiger partial charge in [0.25, 0.3) is 5.91 Å². The number of amides is 1. The molecule has 1 saturated carbocycles. The van der Waals surface area contributed by atoms with Crippen LogP contribution in [0.3, 0.4) is 0 Å². The lowest BCUT2D eigenvalue weighted by molar-refractivity contribution is -0.127. The highest BCUT2D eigenvalue weighted by Crippen LogP contribution is 2.40. The monoisotopic (exact) mass is 536 g/mol. The van der Waals surface area contributed by atoms with E-state index in [0.29, 0.717) is 5.82 Å². The summed E-state index contributed by atoms with van der Waals surface area (Å²) in [6.45, 7) is 3.81. The van der Waals surface area contributed by atoms with Crippen molar-refractivity contribution in [3.63, 3.8) is 0 Å². The van der Waals surface area contributed by atoms with Crippen LogP contribution in [0.2, 0.25) is 0 Å². The Hall–Kier alpha value is -3.63. The van der Waals surface area contributed by atoms with Crippen LogP contribution in [0, 0.1) is 25.5 Å². The first-order valence-electron chi connectivity index (χ1n) is 13.2. The Balaban J connectivity index is 1.50. The van der Waals surface area contributed by atoms with Gasteiger partial charge in [0.15, 0.2) is 11.6 Å². The van der Waals surface area contributed by atoms with E-state index in [1.54, 1.807) is 7.11 Å². The van der Waals surface area contributed by atoms with Gasteiger partial charge in [0, 0.05) is 30.5 Å². The van der Waals surface area contributed by atoms with Crippen LogP contribution in [0.4, 0.5) is 14.5 Å². The number of nitrogens with zero attached hydrogens (tertiary/aromatic N) is 4. The summed E-state index contributed by atoms with van der Waals surface area (Å²) >= 11 is 0. The SMILES string of the molecule is CO[C@H]1CC[C@H](n2c([C@@H]3COCC(=O)N3c3ccc(F)c(F)c3)nc3cc(-c4c(C)noc4C)ccc32)CC1. The van der Waals surface area contributed by atoms with Crippen molar-refractivity contribution in [1.29, 1.82) is 0 Å². The van der Waals surface area contributed by atoms with Gasteiger partial charge in [0.2, 0.25) is 0 Å². The zero-order chi connectivity index (χ0) is 27.3. The van der Waals surface area contributed by atoms with Gasteiger partial charge < -0.3 is 18.6 Å². The van der Waals surface area contributed by atoms with Crippen LogP contribution in [0.1, 0.15) is 55.0 Å². The van der Waals surface area contributed by atoms with Gasteiger partial charge in [-0.15, -0.1) is 0 Å². The number of morpholine rings is 1. The summed E-state index contributed by atoms with van der Waals surface area (Å²) in [4.78, 5) is 19.7. The minimum Gasteiger partial charge on any atom is -0.381 e. The highest BCUT2D eigenvalue weighted by Gasteiger charge is 2.37. The standard InChI is InChI=1S/C29H30F2N4O4/c1-16-28(17(2)39-33-16)18-4-11-25-24(12-18)32-29(35(25)19-5-8-21(37-3)9-6-19)26-14-38-15-27(36)34(26)20-7-10-22(30)23(31)13-20/h4,7,10-13,19,21,26H,5-6,8-9,14-15H2,1-3H3/t19-,21-,26-/m0/s1. The van der Waals surface area contributed by atoms with Gasteiger partial charge in [0.05, 0.1) is 29.4 Å². The van der Waals surface area contributed by atoms with Crippen molar-refractivity contribution < 1.29 is 27.6 Å². The molecule has 4 aromatic rings. The number of carbonyl (C=O) groups is 1. The summed E-state index contributed by atoms with van der Waals surface area (Å²) in [6, 6.07) is 9.11. The number of methoxy groups -OCH3 is 1. The van der Waals surface area contributed by atoms with Crippen LogP contribution >= 0.6 is 0 Å². The van der Waals surface area contributed by atoms with E-state index in [2.05, 4.69) is 9.72 Å². The zero-order valence-corrected chi connectivity index (χ0v) is 22.1. The summed E-state index contributed by atoms with van der Waals surface area (Å²) in [5.41, 5.74) is 4.62. The first-order chi connectivity index (χ1) is 18.9. The van der Waals surface area contributed by atoms with Crippen LogP contribution in [-0.2, 0) is 14.3 Å². The fourth-order valence-electron chi connectivity index (χ4n) is 6.05. The molecule has 1 atom stereocenters. The van der Waals surface area contributed by atoms with E-state index in [9.17, 15) is 13.6 Å². The molecule has 1 aliphatic carbocycles. The molecule has 39 heavy (non-hydrogen) atoms. The molecule has 2 fully saturated rings. The first-order valence-corrected chi connectivity index (χ1v) is 13.2. The maximum Gasteiger partial charge on any atom is 0.253 e. The van der Waals surface area contributed by atoms with Crippen molar-refractivity contribution in [3.05, 3.63) is 65.3 Å². The molecule has 0 N–H and O–H groups in total. The normalized spacial score (nSPS) is 22.1. The fourth-order valence-corrected chi connectivity index (χ4v) is 6.05. The molecule has 6 rings (SSSR count). The molecule has 0 bridgehead atoms. The molecule has 1 aliphatic heterocycles. The number of hydrogen-bond donors (Lipinski definition) is 0. The van der Waals surface area contributed by atoms with E-state index in [1.165, 1.54) is 11.0 Å². The third kappa shape index (κ3) is 4.51. The summed E-state index contributed by atoms with van der Waals surface area (Å²) in [7, 11) is 1.74. The lowest BCUT2D eigenvalue weighted by Crippen LogP contribution is -2.45. The molecule has 0 unspecified atom stereocenters. The Labute approximate surface area is 224 Å². The van der Waals surface area contributed by atoms with Crippen molar-refractivity contribution >= 4 is 22.6 Å². The molecule has 8 nitrogen and oxygen atoms in total. The van der Waals surface area contributed by atoms with E-state index in [4.69, 9.17) is 19.0 Å². The number of imidazole rings is 1. The molecule has 10 heteroatoms. The average Bonchev–Trinajstić information content (AvgIpc) is 3.48. The highest BCUT2D eigenvalue weighted by molar-refractivity contribution is 5.96. The molecule has 0 radical (unpaired) electrons. The summed E-state index contributed by atoms with van der Waals surface area (Å²) < 4.78 is 46.9. The Morgan fingerprint density at radius 2 is 1.82 bits per heavy atom. The van der Waals surface area contributed by atoms with Crippen LogP contribution in [0.15, 0.2) is 40.9 Å². The molecule has 2 aromatic carbocycles. The van der Waals surface area contributed by atoms with Gasteiger partial charge >= 0.3 is 0 Å². The van der Waals surface area contributed by atoms with E-state index < -0.39 is 17.7 Å². The highest BCUT2D eigenvalue weighted by atomic mass is 19.2. The van der Waals surface area contributed by atoms with E-state index in [1.807, 2.05) is 32.0 Å². The maximum absolute atomic E-state index is 14.3. The van der Waals surface area contributed by atoms with E-state index >= 15 is 0 Å². The predicted octanol–water partition coefficient (Wildman–Crippen LogP) is 5.82. The van der Waals surface area contributed by atoms with Gasteiger partial charge in [-0.05, 0) is 69.4 Å². The minimum atomic E-state index is -1.01. The molecule has 2 aliphatic rings. The number of benzene rings is 2. The Morgan fingerprint density at radius 1 is 1.03 bits per heavy atom. The van der Waals surface area contributed by atoms with Crippen molar-refractivity contribution in [3.8, 4) is 11.1 Å². The second-order valence-corrected chi connectivity index (χ2v) is 10.3. The number of carbonyl (C=O) groups excluding carboxylic acids is 1. The van der Waals surface area contributed by atoms with E-state index in [0.717, 1.165) is 71.4 Å². The van der Waals surface area contributed by atoms with Crippen LogP contribution < -0.4 is 4.90 Å². The number of anilines is 1. The number of halogens is 2. The number of aryl methyl sites for hydroxylation is 2. The van der Waals surface area contributed by atoms with Crippen LogP contribution in [0.25, 0.3) is 22.2 Å². The minimum absolute atomic E-state index is 0.130. The smallest absolute Gasteiger partial charge is 0.253 e. The average molecular weight is 537 g/mol.